The predicted molar refractivity (Wildman–Crippen MR) is 216 cm³/mol. The van der Waals surface area contributed by atoms with Gasteiger partial charge < -0.3 is 20.4 Å². The van der Waals surface area contributed by atoms with Crippen LogP contribution >= 0.6 is 0 Å². The minimum absolute atomic E-state index is 0.0455. The van der Waals surface area contributed by atoms with Crippen molar-refractivity contribution in [2.75, 3.05) is 0 Å². The van der Waals surface area contributed by atoms with Crippen molar-refractivity contribution in [3.05, 3.63) is 44.5 Å². The molecule has 0 unspecified atom stereocenters. The van der Waals surface area contributed by atoms with Gasteiger partial charge >= 0.3 is 0 Å². The lowest BCUT2D eigenvalue weighted by atomic mass is 9.66. The summed E-state index contributed by atoms with van der Waals surface area (Å²) in [6, 6.07) is 0. The van der Waals surface area contributed by atoms with Gasteiger partial charge in [-0.15, -0.1) is 0 Å². The third-order valence-electron chi connectivity index (χ3n) is 12.7. The number of carbonyl (C=O) groups excluding carboxylic acids is 4. The van der Waals surface area contributed by atoms with Crippen LogP contribution < -0.4 is 0 Å². The van der Waals surface area contributed by atoms with Crippen molar-refractivity contribution in [1.82, 2.24) is 0 Å². The standard InChI is InChI=1S/2C23H34O4/c2*1-5-6-7-8-17-19(12-24)22(26)21(23(27)20(17)13-25)18-11-15(4)9-10-16(18)14(2)3/h2*12-16,18,26-27H,5-11H2,1-4H3/t15-,16+,18-;15-,16-,18+/m10/s1. The molecule has 2 aromatic carbocycles. The summed E-state index contributed by atoms with van der Waals surface area (Å²) in [5.41, 5.74) is 2.51. The molecule has 0 heterocycles. The first-order chi connectivity index (χ1) is 25.7. The van der Waals surface area contributed by atoms with Crippen molar-refractivity contribution < 1.29 is 39.6 Å². The van der Waals surface area contributed by atoms with Gasteiger partial charge in [0, 0.05) is 11.1 Å². The molecule has 2 aliphatic rings. The number of phenolic OH excluding ortho intramolecular Hbond substituents is 4. The average Bonchev–Trinajstić information content (AvgIpc) is 3.12. The lowest BCUT2D eigenvalue weighted by molar-refractivity contribution is 0.110. The summed E-state index contributed by atoms with van der Waals surface area (Å²) < 4.78 is 0. The number of unbranched alkanes of at least 4 members (excludes halogenated alkanes) is 4. The van der Waals surface area contributed by atoms with Crippen molar-refractivity contribution in [3.8, 4) is 23.0 Å². The number of hydrogen-bond acceptors (Lipinski definition) is 8. The Hall–Kier alpha value is -3.68. The number of phenols is 4. The lowest BCUT2D eigenvalue weighted by Crippen LogP contribution is -2.26. The fraction of sp³-hybridized carbons (Fsp3) is 0.652. The second kappa shape index (κ2) is 20.8. The van der Waals surface area contributed by atoms with Crippen LogP contribution in [0.3, 0.4) is 0 Å². The molecule has 2 aliphatic carbocycles. The number of hydrogen-bond donors (Lipinski definition) is 4. The molecule has 2 aromatic rings. The second-order valence-corrected chi connectivity index (χ2v) is 17.1. The monoisotopic (exact) mass is 748 g/mol. The summed E-state index contributed by atoms with van der Waals surface area (Å²) in [4.78, 5) is 47.3. The molecule has 4 rings (SSSR count). The zero-order valence-electron chi connectivity index (χ0n) is 34.2. The molecule has 2 fully saturated rings. The number of carbonyl (C=O) groups is 4. The first-order valence-electron chi connectivity index (χ1n) is 20.8. The van der Waals surface area contributed by atoms with Gasteiger partial charge in [0.2, 0.25) is 0 Å². The number of aromatic hydroxyl groups is 4. The Balaban J connectivity index is 0.000000290. The highest BCUT2D eigenvalue weighted by Gasteiger charge is 2.39. The molecule has 0 bridgehead atoms. The highest BCUT2D eigenvalue weighted by molar-refractivity contribution is 5.93. The third-order valence-corrected chi connectivity index (χ3v) is 12.7. The molecule has 0 aliphatic heterocycles. The molecular weight excluding hydrogens is 680 g/mol. The molecule has 6 atom stereocenters. The van der Waals surface area contributed by atoms with E-state index in [0.29, 0.717) is 95.7 Å². The van der Waals surface area contributed by atoms with Gasteiger partial charge in [0.25, 0.3) is 0 Å². The predicted octanol–water partition coefficient (Wildman–Crippen LogP) is 11.3. The highest BCUT2D eigenvalue weighted by atomic mass is 16.3. The van der Waals surface area contributed by atoms with E-state index in [1.54, 1.807) is 0 Å². The van der Waals surface area contributed by atoms with Crippen molar-refractivity contribution in [3.63, 3.8) is 0 Å². The molecule has 8 heteroatoms. The Morgan fingerprint density at radius 2 is 0.815 bits per heavy atom. The Labute approximate surface area is 324 Å². The molecule has 300 valence electrons. The van der Waals surface area contributed by atoms with Gasteiger partial charge in [-0.25, -0.2) is 0 Å². The van der Waals surface area contributed by atoms with Crippen LogP contribution in [0.1, 0.15) is 208 Å². The molecule has 2 saturated carbocycles. The van der Waals surface area contributed by atoms with E-state index < -0.39 is 0 Å². The average molecular weight is 749 g/mol. The molecule has 4 N–H and O–H groups in total. The lowest BCUT2D eigenvalue weighted by Gasteiger charge is -2.38. The van der Waals surface area contributed by atoms with E-state index in [9.17, 15) is 39.6 Å². The summed E-state index contributed by atoms with van der Waals surface area (Å²) in [6.07, 6.45) is 15.1. The molecular formula is C46H68O8. The highest BCUT2D eigenvalue weighted by Crippen LogP contribution is 2.53. The van der Waals surface area contributed by atoms with Crippen LogP contribution in [0.25, 0.3) is 0 Å². The maximum absolute atomic E-state index is 11.8. The van der Waals surface area contributed by atoms with E-state index in [4.69, 9.17) is 0 Å². The van der Waals surface area contributed by atoms with Crippen LogP contribution in [0, 0.1) is 35.5 Å². The van der Waals surface area contributed by atoms with Gasteiger partial charge in [-0.3, -0.25) is 19.2 Å². The second-order valence-electron chi connectivity index (χ2n) is 17.1. The number of aldehydes is 4. The molecule has 0 amide bonds. The quantitative estimate of drug-likeness (QED) is 0.0979. The van der Waals surface area contributed by atoms with Crippen LogP contribution in [0.4, 0.5) is 0 Å². The van der Waals surface area contributed by atoms with E-state index in [1.807, 2.05) is 0 Å². The van der Waals surface area contributed by atoms with E-state index in [-0.39, 0.29) is 57.1 Å². The van der Waals surface area contributed by atoms with Crippen LogP contribution in [0.2, 0.25) is 0 Å². The zero-order valence-corrected chi connectivity index (χ0v) is 34.2. The summed E-state index contributed by atoms with van der Waals surface area (Å²) >= 11 is 0. The summed E-state index contributed by atoms with van der Waals surface area (Å²) in [6.45, 7) is 17.1. The van der Waals surface area contributed by atoms with Crippen LogP contribution in [0.15, 0.2) is 0 Å². The Morgan fingerprint density at radius 1 is 0.519 bits per heavy atom. The van der Waals surface area contributed by atoms with Crippen LogP contribution in [-0.4, -0.2) is 45.6 Å². The largest absolute Gasteiger partial charge is 0.507 e. The molecule has 54 heavy (non-hydrogen) atoms. The SMILES string of the molecule is CCCCCc1c(C=O)c(O)c([C@@H]2C[C@@H](C)CC[C@H]2C(C)C)c(O)c1C=O.CCCCCc1c(C=O)c(O)c([C@@H]2C[C@H](C)CC[C@H]2C(C)C)c(O)c1C=O. The van der Waals surface area contributed by atoms with Gasteiger partial charge in [-0.2, -0.15) is 0 Å². The Morgan fingerprint density at radius 3 is 1.06 bits per heavy atom. The molecule has 0 radical (unpaired) electrons. The first-order valence-corrected chi connectivity index (χ1v) is 20.8. The number of rotatable bonds is 16. The molecule has 8 nitrogen and oxygen atoms in total. The van der Waals surface area contributed by atoms with Crippen molar-refractivity contribution in [2.45, 2.75) is 157 Å². The summed E-state index contributed by atoms with van der Waals surface area (Å²) in [5.74, 6) is 1.79. The van der Waals surface area contributed by atoms with Crippen LogP contribution in [0.5, 0.6) is 23.0 Å². The van der Waals surface area contributed by atoms with E-state index in [0.717, 1.165) is 77.0 Å². The fourth-order valence-corrected chi connectivity index (χ4v) is 9.59. The Kier molecular flexibility index (Phi) is 17.3. The van der Waals surface area contributed by atoms with Crippen molar-refractivity contribution >= 4 is 25.1 Å². The number of benzene rings is 2. The van der Waals surface area contributed by atoms with Gasteiger partial charge in [0.15, 0.2) is 25.1 Å². The Bertz CT molecular complexity index is 1400. The van der Waals surface area contributed by atoms with Crippen LogP contribution in [-0.2, 0) is 12.8 Å². The van der Waals surface area contributed by atoms with E-state index in [1.165, 1.54) is 0 Å². The van der Waals surface area contributed by atoms with Gasteiger partial charge in [-0.1, -0.05) is 93.9 Å². The minimum Gasteiger partial charge on any atom is -0.507 e. The summed E-state index contributed by atoms with van der Waals surface area (Å²) in [5, 5.41) is 43.8. The van der Waals surface area contributed by atoms with Gasteiger partial charge in [0.05, 0.1) is 22.3 Å². The van der Waals surface area contributed by atoms with Crippen molar-refractivity contribution in [1.29, 1.82) is 0 Å². The first kappa shape index (κ1) is 44.7. The molecule has 0 saturated heterocycles. The molecule has 0 aromatic heterocycles. The maximum Gasteiger partial charge on any atom is 0.154 e. The smallest absolute Gasteiger partial charge is 0.154 e. The maximum atomic E-state index is 11.8. The van der Waals surface area contributed by atoms with E-state index in [2.05, 4.69) is 55.4 Å². The minimum atomic E-state index is -0.121. The topological polar surface area (TPSA) is 149 Å². The summed E-state index contributed by atoms with van der Waals surface area (Å²) in [7, 11) is 0. The molecule has 0 spiro atoms. The van der Waals surface area contributed by atoms with Crippen molar-refractivity contribution in [2.24, 2.45) is 35.5 Å². The zero-order chi connectivity index (χ0) is 40.3. The van der Waals surface area contributed by atoms with E-state index >= 15 is 0 Å². The normalized spacial score (nSPS) is 22.8. The third kappa shape index (κ3) is 9.94. The fourth-order valence-electron chi connectivity index (χ4n) is 9.59. The van der Waals surface area contributed by atoms with Gasteiger partial charge in [0.1, 0.15) is 23.0 Å². The van der Waals surface area contributed by atoms with Gasteiger partial charge in [-0.05, 0) is 110 Å².